The fourth-order valence-electron chi connectivity index (χ4n) is 3.79. The monoisotopic (exact) mass is 395 g/mol. The van der Waals surface area contributed by atoms with Gasteiger partial charge < -0.3 is 19.7 Å². The number of hydrogen-bond donors (Lipinski definition) is 1. The van der Waals surface area contributed by atoms with Crippen molar-refractivity contribution in [2.75, 3.05) is 19.7 Å². The van der Waals surface area contributed by atoms with Gasteiger partial charge in [0.15, 0.2) is 11.5 Å². The van der Waals surface area contributed by atoms with Crippen LogP contribution in [0.5, 0.6) is 11.5 Å². The Labute approximate surface area is 172 Å². The number of aromatic nitrogens is 1. The molecule has 2 aromatic rings. The summed E-state index contributed by atoms with van der Waals surface area (Å²) in [6, 6.07) is 10.3. The molecule has 0 bridgehead atoms. The van der Waals surface area contributed by atoms with Crippen LogP contribution in [0.15, 0.2) is 42.7 Å². The van der Waals surface area contributed by atoms with Gasteiger partial charge in [-0.05, 0) is 68.5 Å². The third-order valence-corrected chi connectivity index (χ3v) is 5.58. The van der Waals surface area contributed by atoms with Crippen molar-refractivity contribution in [3.8, 4) is 11.5 Å². The highest BCUT2D eigenvalue weighted by Gasteiger charge is 2.32. The molecule has 1 amide bonds. The molecule has 2 aliphatic rings. The first kappa shape index (κ1) is 19.7. The quantitative estimate of drug-likeness (QED) is 0.742. The SMILES string of the molecule is CCOc1cc(C(=O)NC2CCN(C3CC3)CC2)ccc1OCc1ccncc1. The molecule has 154 valence electrons. The zero-order valence-corrected chi connectivity index (χ0v) is 17.0. The second kappa shape index (κ2) is 9.27. The average molecular weight is 396 g/mol. The highest BCUT2D eigenvalue weighted by molar-refractivity contribution is 5.95. The molecule has 6 heteroatoms. The molecule has 1 aromatic carbocycles. The topological polar surface area (TPSA) is 63.7 Å². The standard InChI is InChI=1S/C23H29N3O3/c1-2-28-22-15-18(3-6-21(22)29-16-17-7-11-24-12-8-17)23(27)25-19-9-13-26(14-10-19)20-4-5-20/h3,6-8,11-12,15,19-20H,2,4-5,9-10,13-14,16H2,1H3,(H,25,27). The summed E-state index contributed by atoms with van der Waals surface area (Å²) >= 11 is 0. The zero-order valence-electron chi connectivity index (χ0n) is 17.0. The summed E-state index contributed by atoms with van der Waals surface area (Å²) < 4.78 is 11.6. The van der Waals surface area contributed by atoms with E-state index in [9.17, 15) is 4.79 Å². The predicted molar refractivity (Wildman–Crippen MR) is 111 cm³/mol. The average Bonchev–Trinajstić information content (AvgIpc) is 3.60. The van der Waals surface area contributed by atoms with Gasteiger partial charge in [-0.3, -0.25) is 9.78 Å². The van der Waals surface area contributed by atoms with Crippen molar-refractivity contribution < 1.29 is 14.3 Å². The van der Waals surface area contributed by atoms with E-state index in [1.165, 1.54) is 12.8 Å². The van der Waals surface area contributed by atoms with Crippen LogP contribution in [0, 0.1) is 0 Å². The van der Waals surface area contributed by atoms with Gasteiger partial charge in [-0.2, -0.15) is 0 Å². The van der Waals surface area contributed by atoms with Crippen LogP contribution in [0.4, 0.5) is 0 Å². The van der Waals surface area contributed by atoms with Crippen molar-refractivity contribution in [2.24, 2.45) is 0 Å². The van der Waals surface area contributed by atoms with E-state index in [0.29, 0.717) is 30.3 Å². The molecule has 2 heterocycles. The third kappa shape index (κ3) is 5.26. The summed E-state index contributed by atoms with van der Waals surface area (Å²) in [6.07, 6.45) is 8.20. The maximum Gasteiger partial charge on any atom is 0.251 e. The Morgan fingerprint density at radius 2 is 1.83 bits per heavy atom. The number of likely N-dealkylation sites (tertiary alicyclic amines) is 1. The van der Waals surface area contributed by atoms with Gasteiger partial charge in [0.1, 0.15) is 6.61 Å². The maximum atomic E-state index is 12.8. The highest BCUT2D eigenvalue weighted by atomic mass is 16.5. The van der Waals surface area contributed by atoms with Crippen LogP contribution < -0.4 is 14.8 Å². The molecule has 1 saturated carbocycles. The Bertz CT molecular complexity index is 815. The lowest BCUT2D eigenvalue weighted by atomic mass is 10.0. The van der Waals surface area contributed by atoms with Crippen molar-refractivity contribution in [3.63, 3.8) is 0 Å². The van der Waals surface area contributed by atoms with E-state index < -0.39 is 0 Å². The lowest BCUT2D eigenvalue weighted by molar-refractivity contribution is 0.0908. The largest absolute Gasteiger partial charge is 0.490 e. The van der Waals surface area contributed by atoms with Crippen molar-refractivity contribution in [1.29, 1.82) is 0 Å². The normalized spacial score (nSPS) is 17.7. The summed E-state index contributed by atoms with van der Waals surface area (Å²) in [4.78, 5) is 19.3. The summed E-state index contributed by atoms with van der Waals surface area (Å²) in [6.45, 7) is 5.03. The Balaban J connectivity index is 1.36. The molecule has 1 aliphatic heterocycles. The van der Waals surface area contributed by atoms with E-state index in [2.05, 4.69) is 15.2 Å². The van der Waals surface area contributed by atoms with Crippen molar-refractivity contribution in [3.05, 3.63) is 53.9 Å². The molecule has 1 N–H and O–H groups in total. The van der Waals surface area contributed by atoms with E-state index in [-0.39, 0.29) is 11.9 Å². The van der Waals surface area contributed by atoms with Gasteiger partial charge in [-0.1, -0.05) is 0 Å². The van der Waals surface area contributed by atoms with Crippen molar-refractivity contribution >= 4 is 5.91 Å². The number of carbonyl (C=O) groups excluding carboxylic acids is 1. The number of nitrogens with zero attached hydrogens (tertiary/aromatic N) is 2. The van der Waals surface area contributed by atoms with E-state index in [1.807, 2.05) is 25.1 Å². The maximum absolute atomic E-state index is 12.8. The van der Waals surface area contributed by atoms with Crippen LogP contribution in [-0.2, 0) is 6.61 Å². The predicted octanol–water partition coefficient (Wildman–Crippen LogP) is 3.42. The molecule has 29 heavy (non-hydrogen) atoms. The lowest BCUT2D eigenvalue weighted by Gasteiger charge is -2.32. The van der Waals surface area contributed by atoms with Crippen LogP contribution in [0.3, 0.4) is 0 Å². The van der Waals surface area contributed by atoms with Crippen LogP contribution in [0.2, 0.25) is 0 Å². The van der Waals surface area contributed by atoms with Gasteiger partial charge in [-0.15, -0.1) is 0 Å². The number of ether oxygens (including phenoxy) is 2. The van der Waals surface area contributed by atoms with Gasteiger partial charge >= 0.3 is 0 Å². The second-order valence-electron chi connectivity index (χ2n) is 7.75. The molecule has 0 radical (unpaired) electrons. The number of benzene rings is 1. The summed E-state index contributed by atoms with van der Waals surface area (Å²) in [5.41, 5.74) is 1.64. The molecule has 1 aromatic heterocycles. The molecule has 4 rings (SSSR count). The first-order valence-corrected chi connectivity index (χ1v) is 10.6. The molecular formula is C23H29N3O3. The number of carbonyl (C=O) groups is 1. The number of hydrogen-bond acceptors (Lipinski definition) is 5. The van der Waals surface area contributed by atoms with E-state index in [1.54, 1.807) is 24.5 Å². The summed E-state index contributed by atoms with van der Waals surface area (Å²) in [7, 11) is 0. The van der Waals surface area contributed by atoms with Gasteiger partial charge in [0.05, 0.1) is 6.61 Å². The fourth-order valence-corrected chi connectivity index (χ4v) is 3.79. The molecular weight excluding hydrogens is 366 g/mol. The van der Waals surface area contributed by atoms with Crippen LogP contribution in [0.1, 0.15) is 48.5 Å². The van der Waals surface area contributed by atoms with Gasteiger partial charge in [-0.25, -0.2) is 0 Å². The molecule has 0 spiro atoms. The highest BCUT2D eigenvalue weighted by Crippen LogP contribution is 2.31. The first-order valence-electron chi connectivity index (χ1n) is 10.6. The minimum Gasteiger partial charge on any atom is -0.490 e. The fraction of sp³-hybridized carbons (Fsp3) is 0.478. The molecule has 1 saturated heterocycles. The third-order valence-electron chi connectivity index (χ3n) is 5.58. The van der Waals surface area contributed by atoms with Crippen LogP contribution >= 0.6 is 0 Å². The van der Waals surface area contributed by atoms with Gasteiger partial charge in [0.25, 0.3) is 5.91 Å². The zero-order chi connectivity index (χ0) is 20.1. The van der Waals surface area contributed by atoms with Gasteiger partial charge in [0.2, 0.25) is 0 Å². The number of amides is 1. The Hall–Kier alpha value is -2.60. The van der Waals surface area contributed by atoms with Crippen molar-refractivity contribution in [1.82, 2.24) is 15.2 Å². The summed E-state index contributed by atoms with van der Waals surface area (Å²) in [5, 5.41) is 3.19. The molecule has 2 fully saturated rings. The number of piperidine rings is 1. The number of pyridine rings is 1. The van der Waals surface area contributed by atoms with Crippen LogP contribution in [0.25, 0.3) is 0 Å². The van der Waals surface area contributed by atoms with Crippen LogP contribution in [-0.4, -0.2) is 47.6 Å². The lowest BCUT2D eigenvalue weighted by Crippen LogP contribution is -2.45. The minimum atomic E-state index is -0.0449. The Kier molecular flexibility index (Phi) is 6.30. The van der Waals surface area contributed by atoms with E-state index >= 15 is 0 Å². The molecule has 6 nitrogen and oxygen atoms in total. The summed E-state index contributed by atoms with van der Waals surface area (Å²) in [5.74, 6) is 1.19. The molecule has 0 unspecified atom stereocenters. The number of rotatable bonds is 8. The molecule has 0 atom stereocenters. The minimum absolute atomic E-state index is 0.0449. The number of nitrogens with one attached hydrogen (secondary N) is 1. The Morgan fingerprint density at radius 1 is 1.07 bits per heavy atom. The smallest absolute Gasteiger partial charge is 0.251 e. The van der Waals surface area contributed by atoms with Gasteiger partial charge in [0, 0.05) is 43.1 Å². The Morgan fingerprint density at radius 3 is 2.52 bits per heavy atom. The van der Waals surface area contributed by atoms with E-state index in [4.69, 9.17) is 9.47 Å². The molecule has 1 aliphatic carbocycles. The van der Waals surface area contributed by atoms with Crippen molar-refractivity contribution in [2.45, 2.75) is 51.3 Å². The first-order chi connectivity index (χ1) is 14.2. The van der Waals surface area contributed by atoms with E-state index in [0.717, 1.165) is 37.5 Å². The second-order valence-corrected chi connectivity index (χ2v) is 7.75.